The van der Waals surface area contributed by atoms with Crippen LogP contribution in [0.4, 0.5) is 4.79 Å². The fraction of sp³-hybridized carbons (Fsp3) is 0.900. The van der Waals surface area contributed by atoms with Crippen LogP contribution in [0.15, 0.2) is 0 Å². The Bertz CT molecular complexity index is 392. The minimum absolute atomic E-state index is 0.000751. The number of hydrogen-bond donors (Lipinski definition) is 0. The monoisotopic (exact) mass is 249 g/mol. The van der Waals surface area contributed by atoms with Gasteiger partial charge in [0.2, 0.25) is 10.0 Å². The summed E-state index contributed by atoms with van der Waals surface area (Å²) >= 11 is 0. The molecule has 0 aromatic rings. The third kappa shape index (κ3) is 2.66. The second-order valence-electron chi connectivity index (χ2n) is 5.62. The number of rotatable bonds is 0. The van der Waals surface area contributed by atoms with E-state index in [1.165, 1.54) is 0 Å². The summed E-state index contributed by atoms with van der Waals surface area (Å²) < 4.78 is 29.4. The number of carbonyl (C=O) groups excluding carboxylic acids is 1. The van der Waals surface area contributed by atoms with Gasteiger partial charge in [0.25, 0.3) is 0 Å². The van der Waals surface area contributed by atoms with Gasteiger partial charge < -0.3 is 4.74 Å². The molecule has 0 atom stereocenters. The van der Waals surface area contributed by atoms with E-state index in [4.69, 9.17) is 4.74 Å². The van der Waals surface area contributed by atoms with E-state index < -0.39 is 27.3 Å². The Morgan fingerprint density at radius 3 is 2.12 bits per heavy atom. The minimum Gasteiger partial charge on any atom is -0.443 e. The average Bonchev–Trinajstić information content (AvgIpc) is 2.16. The van der Waals surface area contributed by atoms with Crippen LogP contribution in [-0.2, 0) is 14.8 Å². The number of ether oxygens (including phenoxy) is 1. The lowest BCUT2D eigenvalue weighted by Gasteiger charge is -2.31. The van der Waals surface area contributed by atoms with Gasteiger partial charge >= 0.3 is 6.09 Å². The summed E-state index contributed by atoms with van der Waals surface area (Å²) in [5.74, 6) is -0.000751. The van der Waals surface area contributed by atoms with Gasteiger partial charge in [-0.25, -0.2) is 13.2 Å². The fourth-order valence-corrected chi connectivity index (χ4v) is 3.66. The van der Waals surface area contributed by atoms with Crippen molar-refractivity contribution in [2.24, 2.45) is 0 Å². The topological polar surface area (TPSA) is 63.7 Å². The molecule has 0 aliphatic carbocycles. The molecule has 1 saturated heterocycles. The standard InChI is InChI=1S/C10H19NO4S/c1-9(2,3)15-8(12)11-10(4,5)6-7-16(11,13)14/h6-7H2,1-5H3. The summed E-state index contributed by atoms with van der Waals surface area (Å²) in [5, 5.41) is 0. The van der Waals surface area contributed by atoms with Crippen molar-refractivity contribution in [2.75, 3.05) is 5.75 Å². The van der Waals surface area contributed by atoms with Gasteiger partial charge in [-0.15, -0.1) is 0 Å². The molecule has 5 nitrogen and oxygen atoms in total. The largest absolute Gasteiger partial charge is 0.443 e. The number of carbonyl (C=O) groups is 1. The summed E-state index contributed by atoms with van der Waals surface area (Å²) in [4.78, 5) is 11.8. The van der Waals surface area contributed by atoms with Crippen molar-refractivity contribution in [3.8, 4) is 0 Å². The summed E-state index contributed by atoms with van der Waals surface area (Å²) in [6, 6.07) is 0. The van der Waals surface area contributed by atoms with Crippen molar-refractivity contribution < 1.29 is 17.9 Å². The molecule has 0 unspecified atom stereocenters. The molecule has 1 heterocycles. The van der Waals surface area contributed by atoms with Crippen LogP contribution >= 0.6 is 0 Å². The van der Waals surface area contributed by atoms with E-state index in [0.29, 0.717) is 6.42 Å². The molecule has 16 heavy (non-hydrogen) atoms. The average molecular weight is 249 g/mol. The SMILES string of the molecule is CC(C)(C)OC(=O)N1C(C)(C)CCS1(=O)=O. The molecular weight excluding hydrogens is 230 g/mol. The summed E-state index contributed by atoms with van der Waals surface area (Å²) in [6.07, 6.45) is -0.343. The summed E-state index contributed by atoms with van der Waals surface area (Å²) in [6.45, 7) is 8.57. The van der Waals surface area contributed by atoms with Gasteiger partial charge in [0.05, 0.1) is 11.3 Å². The number of sulfonamides is 1. The minimum atomic E-state index is -3.51. The molecule has 94 valence electrons. The zero-order chi connectivity index (χ0) is 12.8. The predicted octanol–water partition coefficient (Wildman–Crippen LogP) is 1.74. The van der Waals surface area contributed by atoms with Crippen LogP contribution in [0.2, 0.25) is 0 Å². The fourth-order valence-electron chi connectivity index (χ4n) is 1.61. The second-order valence-corrected chi connectivity index (χ2v) is 7.56. The lowest BCUT2D eigenvalue weighted by Crippen LogP contribution is -2.47. The molecule has 0 spiro atoms. The van der Waals surface area contributed by atoms with Crippen LogP contribution in [0, 0.1) is 0 Å². The highest BCUT2D eigenvalue weighted by molar-refractivity contribution is 7.89. The molecule has 0 radical (unpaired) electrons. The van der Waals surface area contributed by atoms with E-state index in [0.717, 1.165) is 4.31 Å². The maximum Gasteiger partial charge on any atom is 0.424 e. The molecule has 0 aromatic heterocycles. The molecular formula is C10H19NO4S. The highest BCUT2D eigenvalue weighted by Crippen LogP contribution is 2.32. The Kier molecular flexibility index (Phi) is 3.00. The molecule has 1 amide bonds. The first-order valence-corrected chi connectivity index (χ1v) is 6.83. The lowest BCUT2D eigenvalue weighted by atomic mass is 10.0. The first-order valence-electron chi connectivity index (χ1n) is 5.22. The highest BCUT2D eigenvalue weighted by Gasteiger charge is 2.48. The first kappa shape index (κ1) is 13.3. The van der Waals surface area contributed by atoms with Crippen molar-refractivity contribution in [3.05, 3.63) is 0 Å². The van der Waals surface area contributed by atoms with Gasteiger partial charge in [-0.1, -0.05) is 0 Å². The maximum absolute atomic E-state index is 11.8. The Morgan fingerprint density at radius 2 is 1.81 bits per heavy atom. The summed E-state index contributed by atoms with van der Waals surface area (Å²) in [7, 11) is -3.51. The van der Waals surface area contributed by atoms with Crippen LogP contribution in [0.1, 0.15) is 41.0 Å². The highest BCUT2D eigenvalue weighted by atomic mass is 32.2. The van der Waals surface area contributed by atoms with E-state index in [1.807, 2.05) is 0 Å². The second kappa shape index (κ2) is 3.61. The molecule has 0 saturated carbocycles. The van der Waals surface area contributed by atoms with Crippen molar-refractivity contribution >= 4 is 16.1 Å². The normalized spacial score (nSPS) is 23.2. The van der Waals surface area contributed by atoms with E-state index in [1.54, 1.807) is 34.6 Å². The zero-order valence-corrected chi connectivity index (χ0v) is 11.2. The first-order chi connectivity index (χ1) is 6.96. The maximum atomic E-state index is 11.8. The van der Waals surface area contributed by atoms with Gasteiger partial charge in [0.1, 0.15) is 5.60 Å². The van der Waals surface area contributed by atoms with Crippen LogP contribution in [0.25, 0.3) is 0 Å². The molecule has 0 aromatic carbocycles. The van der Waals surface area contributed by atoms with Crippen LogP contribution in [-0.4, -0.2) is 35.7 Å². The van der Waals surface area contributed by atoms with Crippen LogP contribution in [0.5, 0.6) is 0 Å². The Labute approximate surface area is 96.8 Å². The molecule has 1 aliphatic heterocycles. The van der Waals surface area contributed by atoms with Gasteiger partial charge in [0.15, 0.2) is 0 Å². The number of nitrogens with zero attached hydrogens (tertiary/aromatic N) is 1. The molecule has 1 aliphatic rings. The molecule has 0 N–H and O–H groups in total. The Hall–Kier alpha value is -0.780. The van der Waals surface area contributed by atoms with Crippen molar-refractivity contribution in [3.63, 3.8) is 0 Å². The molecule has 6 heteroatoms. The number of amides is 1. The predicted molar refractivity (Wildman–Crippen MR) is 60.6 cm³/mol. The van der Waals surface area contributed by atoms with Gasteiger partial charge in [-0.05, 0) is 41.0 Å². The van der Waals surface area contributed by atoms with E-state index in [9.17, 15) is 13.2 Å². The molecule has 0 bridgehead atoms. The lowest BCUT2D eigenvalue weighted by molar-refractivity contribution is 0.0287. The van der Waals surface area contributed by atoms with E-state index in [2.05, 4.69) is 0 Å². The van der Waals surface area contributed by atoms with Crippen molar-refractivity contribution in [1.29, 1.82) is 0 Å². The Morgan fingerprint density at radius 1 is 1.31 bits per heavy atom. The van der Waals surface area contributed by atoms with Gasteiger partial charge in [0, 0.05) is 0 Å². The third-order valence-corrected chi connectivity index (χ3v) is 4.28. The Balaban J connectivity index is 2.98. The van der Waals surface area contributed by atoms with Crippen LogP contribution in [0.3, 0.4) is 0 Å². The van der Waals surface area contributed by atoms with E-state index in [-0.39, 0.29) is 5.75 Å². The number of hydrogen-bond acceptors (Lipinski definition) is 4. The van der Waals surface area contributed by atoms with Crippen molar-refractivity contribution in [2.45, 2.75) is 52.2 Å². The smallest absolute Gasteiger partial charge is 0.424 e. The van der Waals surface area contributed by atoms with E-state index >= 15 is 0 Å². The van der Waals surface area contributed by atoms with Gasteiger partial charge in [-0.2, -0.15) is 4.31 Å². The molecule has 1 fully saturated rings. The summed E-state index contributed by atoms with van der Waals surface area (Å²) in [5.41, 5.74) is -1.38. The molecule has 1 rings (SSSR count). The zero-order valence-electron chi connectivity index (χ0n) is 10.4. The van der Waals surface area contributed by atoms with Crippen molar-refractivity contribution in [1.82, 2.24) is 4.31 Å². The quantitative estimate of drug-likeness (QED) is 0.656. The van der Waals surface area contributed by atoms with Crippen LogP contribution < -0.4 is 0 Å². The third-order valence-electron chi connectivity index (χ3n) is 2.36. The van der Waals surface area contributed by atoms with Gasteiger partial charge in [-0.3, -0.25) is 0 Å².